The van der Waals surface area contributed by atoms with Crippen molar-refractivity contribution in [1.29, 1.82) is 5.26 Å². The quantitative estimate of drug-likeness (QED) is 0.507. The van der Waals surface area contributed by atoms with Gasteiger partial charge >= 0.3 is 0 Å². The topological polar surface area (TPSA) is 36.7 Å². The minimum atomic E-state index is 0.294. The second-order valence-electron chi connectivity index (χ2n) is 1.39. The monoisotopic (exact) mass is 137 g/mol. The van der Waals surface area contributed by atoms with Crippen LogP contribution in [-0.2, 0) is 0 Å². The summed E-state index contributed by atoms with van der Waals surface area (Å²) in [5.41, 5.74) is 0.294. The molecule has 0 unspecified atom stereocenters. The van der Waals surface area contributed by atoms with Crippen LogP contribution in [0.3, 0.4) is 0 Å². The molecule has 0 aliphatic rings. The Morgan fingerprint density at radius 3 is 2.89 bits per heavy atom. The van der Waals surface area contributed by atoms with Gasteiger partial charge in [-0.15, -0.1) is 0 Å². The van der Waals surface area contributed by atoms with E-state index in [9.17, 15) is 0 Å². The zero-order chi connectivity index (χ0) is 6.69. The molecule has 3 heteroatoms. The van der Waals surface area contributed by atoms with Crippen molar-refractivity contribution in [2.75, 3.05) is 0 Å². The molecule has 43 valence electrons. The maximum Gasteiger partial charge on any atom is 0.142 e. The van der Waals surface area contributed by atoms with Crippen LogP contribution in [0.25, 0.3) is 0 Å². The van der Waals surface area contributed by atoms with Gasteiger partial charge in [0.25, 0.3) is 0 Å². The van der Waals surface area contributed by atoms with Gasteiger partial charge < -0.3 is 0 Å². The van der Waals surface area contributed by atoms with Crippen molar-refractivity contribution < 1.29 is 0 Å². The predicted octanol–water partition coefficient (Wildman–Crippen LogP) is 1.41. The lowest BCUT2D eigenvalue weighted by Gasteiger charge is -1.85. The van der Waals surface area contributed by atoms with Gasteiger partial charge in [-0.3, -0.25) is 0 Å². The van der Waals surface area contributed by atoms with Crippen LogP contribution < -0.4 is 0 Å². The SMILES string of the molecule is N#Cc1c[c]cc(Cl)n1. The molecule has 0 saturated heterocycles. The Hall–Kier alpha value is -1.07. The fourth-order valence-corrected chi connectivity index (χ4v) is 0.580. The van der Waals surface area contributed by atoms with E-state index < -0.39 is 0 Å². The first-order valence-electron chi connectivity index (χ1n) is 2.26. The summed E-state index contributed by atoms with van der Waals surface area (Å²) in [4.78, 5) is 3.66. The molecule has 1 aromatic heterocycles. The van der Waals surface area contributed by atoms with Crippen molar-refractivity contribution in [1.82, 2.24) is 4.98 Å². The summed E-state index contributed by atoms with van der Waals surface area (Å²) in [5, 5.41) is 8.57. The van der Waals surface area contributed by atoms with Gasteiger partial charge in [-0.05, 0) is 18.2 Å². The van der Waals surface area contributed by atoms with Crippen molar-refractivity contribution in [3.63, 3.8) is 0 Å². The van der Waals surface area contributed by atoms with Gasteiger partial charge in [0.15, 0.2) is 0 Å². The molecule has 0 amide bonds. The lowest BCUT2D eigenvalue weighted by atomic mass is 10.4. The highest BCUT2D eigenvalue weighted by Gasteiger charge is 1.90. The van der Waals surface area contributed by atoms with Crippen molar-refractivity contribution in [2.45, 2.75) is 0 Å². The second-order valence-corrected chi connectivity index (χ2v) is 1.77. The molecule has 0 aliphatic carbocycles. The highest BCUT2D eigenvalue weighted by molar-refractivity contribution is 6.29. The van der Waals surface area contributed by atoms with Crippen molar-refractivity contribution in [3.05, 3.63) is 29.0 Å². The molecule has 0 bridgehead atoms. The van der Waals surface area contributed by atoms with Crippen LogP contribution in [0, 0.1) is 17.4 Å². The van der Waals surface area contributed by atoms with Gasteiger partial charge in [-0.2, -0.15) is 5.26 Å². The summed E-state index contributed by atoms with van der Waals surface area (Å²) in [6.07, 6.45) is 0. The Labute approximate surface area is 57.7 Å². The van der Waals surface area contributed by atoms with E-state index in [-0.39, 0.29) is 0 Å². The summed E-state index contributed by atoms with van der Waals surface area (Å²) in [6, 6.07) is 7.48. The molecule has 2 nitrogen and oxygen atoms in total. The molecule has 0 spiro atoms. The Balaban J connectivity index is 3.12. The molecular formula is C6H2ClN2. The third-order valence-electron chi connectivity index (χ3n) is 0.764. The number of nitrogens with zero attached hydrogens (tertiary/aromatic N) is 2. The minimum Gasteiger partial charge on any atom is -0.225 e. The smallest absolute Gasteiger partial charge is 0.142 e. The molecule has 0 N–H and O–H groups in total. The summed E-state index contributed by atoms with van der Waals surface area (Å²) in [7, 11) is 0. The number of rotatable bonds is 0. The van der Waals surface area contributed by atoms with E-state index in [0.717, 1.165) is 0 Å². The Kier molecular flexibility index (Phi) is 1.66. The lowest BCUT2D eigenvalue weighted by Crippen LogP contribution is -1.79. The first kappa shape index (κ1) is 6.06. The molecule has 0 aliphatic heterocycles. The number of nitriles is 1. The largest absolute Gasteiger partial charge is 0.225 e. The van der Waals surface area contributed by atoms with Crippen molar-refractivity contribution in [2.24, 2.45) is 0 Å². The normalized spacial score (nSPS) is 8.44. The van der Waals surface area contributed by atoms with E-state index in [1.54, 1.807) is 0 Å². The summed E-state index contributed by atoms with van der Waals surface area (Å²) < 4.78 is 0. The van der Waals surface area contributed by atoms with E-state index >= 15 is 0 Å². The molecule has 1 rings (SSSR count). The molecule has 0 saturated carbocycles. The van der Waals surface area contributed by atoms with Crippen LogP contribution in [0.15, 0.2) is 12.1 Å². The van der Waals surface area contributed by atoms with Crippen LogP contribution >= 0.6 is 11.6 Å². The number of aromatic nitrogens is 1. The molecule has 1 radical (unpaired) electrons. The number of hydrogen-bond acceptors (Lipinski definition) is 2. The highest BCUT2D eigenvalue weighted by Crippen LogP contribution is 2.02. The van der Waals surface area contributed by atoms with E-state index in [0.29, 0.717) is 10.8 Å². The first-order valence-corrected chi connectivity index (χ1v) is 2.64. The highest BCUT2D eigenvalue weighted by atomic mass is 35.5. The van der Waals surface area contributed by atoms with Crippen molar-refractivity contribution in [3.8, 4) is 6.07 Å². The fourth-order valence-electron chi connectivity index (χ4n) is 0.426. The third-order valence-corrected chi connectivity index (χ3v) is 0.958. The third kappa shape index (κ3) is 1.41. The molecule has 0 aromatic carbocycles. The number of halogens is 1. The van der Waals surface area contributed by atoms with E-state index in [4.69, 9.17) is 16.9 Å². The molecule has 0 atom stereocenters. The molecular weight excluding hydrogens is 136 g/mol. The predicted molar refractivity (Wildman–Crippen MR) is 32.8 cm³/mol. The van der Waals surface area contributed by atoms with E-state index in [1.807, 2.05) is 6.07 Å². The zero-order valence-electron chi connectivity index (χ0n) is 4.43. The van der Waals surface area contributed by atoms with Gasteiger partial charge in [-0.1, -0.05) is 11.6 Å². The van der Waals surface area contributed by atoms with Gasteiger partial charge in [0, 0.05) is 0 Å². The number of pyridine rings is 1. The fraction of sp³-hybridized carbons (Fsp3) is 0. The first-order chi connectivity index (χ1) is 4.33. The standard InChI is InChI=1S/C6H2ClN2/c7-6-3-1-2-5(4-8)9-6/h2-3H. The molecule has 1 heterocycles. The average molecular weight is 138 g/mol. The summed E-state index contributed by atoms with van der Waals surface area (Å²) >= 11 is 5.43. The van der Waals surface area contributed by atoms with Gasteiger partial charge in [-0.25, -0.2) is 4.98 Å². The van der Waals surface area contributed by atoms with Crippen LogP contribution in [0.1, 0.15) is 5.69 Å². The van der Waals surface area contributed by atoms with E-state index in [2.05, 4.69) is 11.1 Å². The minimum absolute atomic E-state index is 0.294. The average Bonchev–Trinajstić information content (AvgIpc) is 1.88. The Morgan fingerprint density at radius 2 is 2.44 bits per heavy atom. The maximum absolute atomic E-state index is 8.27. The van der Waals surface area contributed by atoms with Crippen LogP contribution in [-0.4, -0.2) is 4.98 Å². The molecule has 0 fully saturated rings. The zero-order valence-corrected chi connectivity index (χ0v) is 5.18. The Bertz CT molecular complexity index is 251. The number of hydrogen-bond donors (Lipinski definition) is 0. The summed E-state index contributed by atoms with van der Waals surface area (Å²) in [6.45, 7) is 0. The summed E-state index contributed by atoms with van der Waals surface area (Å²) in [5.74, 6) is 0. The second kappa shape index (κ2) is 2.47. The van der Waals surface area contributed by atoms with E-state index in [1.165, 1.54) is 12.1 Å². The lowest BCUT2D eigenvalue weighted by molar-refractivity contribution is 1.26. The van der Waals surface area contributed by atoms with Crippen LogP contribution in [0.5, 0.6) is 0 Å². The van der Waals surface area contributed by atoms with Crippen molar-refractivity contribution >= 4 is 11.6 Å². The molecule has 9 heavy (non-hydrogen) atoms. The Morgan fingerprint density at radius 1 is 1.67 bits per heavy atom. The van der Waals surface area contributed by atoms with Gasteiger partial charge in [0.05, 0.1) is 0 Å². The maximum atomic E-state index is 8.27. The van der Waals surface area contributed by atoms with Gasteiger partial charge in [0.1, 0.15) is 16.9 Å². The van der Waals surface area contributed by atoms with Crippen LogP contribution in [0.4, 0.5) is 0 Å². The van der Waals surface area contributed by atoms with Gasteiger partial charge in [0.2, 0.25) is 0 Å². The van der Waals surface area contributed by atoms with Crippen LogP contribution in [0.2, 0.25) is 5.15 Å². The molecule has 1 aromatic rings.